The van der Waals surface area contributed by atoms with Gasteiger partial charge >= 0.3 is 0 Å². The molecule has 1 aliphatic rings. The second kappa shape index (κ2) is 11.5. The average molecular weight is 545 g/mol. The second-order valence-corrected chi connectivity index (χ2v) is 11.4. The summed E-state index contributed by atoms with van der Waals surface area (Å²) < 4.78 is 40.9. The molecule has 2 heterocycles. The van der Waals surface area contributed by atoms with Crippen molar-refractivity contribution in [1.29, 1.82) is 0 Å². The van der Waals surface area contributed by atoms with Crippen LogP contribution in [0.5, 0.6) is 0 Å². The summed E-state index contributed by atoms with van der Waals surface area (Å²) in [5, 5.41) is 3.23. The fourth-order valence-corrected chi connectivity index (χ4v) is 5.83. The maximum Gasteiger partial charge on any atom is 0.264 e. The Labute approximate surface area is 222 Å². The highest BCUT2D eigenvalue weighted by atomic mass is 35.5. The molecule has 1 aromatic carbocycles. The van der Waals surface area contributed by atoms with Crippen LogP contribution in [-0.4, -0.2) is 54.4 Å². The van der Waals surface area contributed by atoms with Crippen LogP contribution in [0.15, 0.2) is 47.6 Å². The minimum atomic E-state index is -4.02. The summed E-state index contributed by atoms with van der Waals surface area (Å²) in [6.07, 6.45) is 11.8. The molecule has 0 unspecified atom stereocenters. The van der Waals surface area contributed by atoms with E-state index < -0.39 is 15.8 Å². The van der Waals surface area contributed by atoms with E-state index in [9.17, 15) is 12.8 Å². The van der Waals surface area contributed by atoms with E-state index in [2.05, 4.69) is 44.0 Å². The third kappa shape index (κ3) is 7.03. The lowest BCUT2D eigenvalue weighted by Crippen LogP contribution is -2.36. The Morgan fingerprint density at radius 1 is 1.05 bits per heavy atom. The van der Waals surface area contributed by atoms with Crippen molar-refractivity contribution in [3.63, 3.8) is 0 Å². The van der Waals surface area contributed by atoms with Crippen molar-refractivity contribution < 1.29 is 12.8 Å². The van der Waals surface area contributed by atoms with Gasteiger partial charge in [0, 0.05) is 35.7 Å². The first-order chi connectivity index (χ1) is 17.6. The van der Waals surface area contributed by atoms with E-state index >= 15 is 0 Å². The van der Waals surface area contributed by atoms with Crippen molar-refractivity contribution in [3.05, 3.63) is 70.4 Å². The number of aryl methyl sites for hydroxylation is 1. The summed E-state index contributed by atoms with van der Waals surface area (Å²) in [6, 6.07) is 7.44. The Bertz CT molecular complexity index is 1370. The first-order valence-corrected chi connectivity index (χ1v) is 13.9. The van der Waals surface area contributed by atoms with Crippen LogP contribution in [0.2, 0.25) is 5.02 Å². The molecule has 1 saturated carbocycles. The molecule has 37 heavy (non-hydrogen) atoms. The van der Waals surface area contributed by atoms with Crippen molar-refractivity contribution >= 4 is 45.5 Å². The number of benzene rings is 1. The first kappa shape index (κ1) is 27.0. The number of rotatable bonds is 8. The Morgan fingerprint density at radius 3 is 2.38 bits per heavy atom. The number of aromatic nitrogens is 3. The second-order valence-electron chi connectivity index (χ2n) is 9.34. The van der Waals surface area contributed by atoms with Gasteiger partial charge in [0.1, 0.15) is 16.5 Å². The normalized spacial score (nSPS) is 18.3. The lowest BCUT2D eigenvalue weighted by Gasteiger charge is -2.32. The van der Waals surface area contributed by atoms with Crippen LogP contribution in [0.1, 0.15) is 42.5 Å². The molecule has 1 fully saturated rings. The van der Waals surface area contributed by atoms with Crippen LogP contribution in [0, 0.1) is 12.7 Å². The molecule has 2 aromatic heterocycles. The van der Waals surface area contributed by atoms with Crippen LogP contribution >= 0.6 is 11.6 Å². The summed E-state index contributed by atoms with van der Waals surface area (Å²) in [5.74, 6) is 0.141. The Morgan fingerprint density at radius 2 is 1.76 bits per heavy atom. The predicted octanol–water partition coefficient (Wildman–Crippen LogP) is 5.23. The van der Waals surface area contributed by atoms with Crippen LogP contribution in [0.3, 0.4) is 0 Å². The largest absolute Gasteiger partial charge is 0.351 e. The molecule has 0 spiro atoms. The standard InChI is InChI=1S/C26H30ClFN6O2S/c1-17-19(6-13-25(31-17)33-37(35,36)24-12-7-20(28)14-23(24)27)5-4-18-15-29-26(30-16-18)32-21-8-10-22(11-9-21)34(2)3/h4-7,12-16,21-22H,8-11H2,1-3H3,(H,31,33)(H,29,30,32)/b5-4+/t21-,22-. The molecule has 0 bridgehead atoms. The van der Waals surface area contributed by atoms with Gasteiger partial charge < -0.3 is 10.2 Å². The van der Waals surface area contributed by atoms with Gasteiger partial charge in [-0.05, 0) is 82.6 Å². The summed E-state index contributed by atoms with van der Waals surface area (Å²) in [4.78, 5) is 15.3. The Hall–Kier alpha value is -3.08. The molecule has 3 aromatic rings. The number of hydrogen-bond donors (Lipinski definition) is 2. The van der Waals surface area contributed by atoms with E-state index in [-0.39, 0.29) is 15.7 Å². The van der Waals surface area contributed by atoms with Crippen molar-refractivity contribution in [3.8, 4) is 0 Å². The molecule has 0 saturated heterocycles. The molecular weight excluding hydrogens is 515 g/mol. The summed E-state index contributed by atoms with van der Waals surface area (Å²) in [6.45, 7) is 1.77. The molecule has 2 N–H and O–H groups in total. The zero-order chi connectivity index (χ0) is 26.6. The predicted molar refractivity (Wildman–Crippen MR) is 146 cm³/mol. The maximum atomic E-state index is 13.3. The highest BCUT2D eigenvalue weighted by Gasteiger charge is 2.23. The molecule has 1 aliphatic carbocycles. The number of sulfonamides is 1. The van der Waals surface area contributed by atoms with E-state index in [0.29, 0.717) is 23.7 Å². The average Bonchev–Trinajstić information content (AvgIpc) is 2.84. The van der Waals surface area contributed by atoms with Gasteiger partial charge in [-0.2, -0.15) is 0 Å². The molecule has 11 heteroatoms. The number of hydrogen-bond acceptors (Lipinski definition) is 7. The molecule has 4 rings (SSSR count). The quantitative estimate of drug-likeness (QED) is 0.400. The van der Waals surface area contributed by atoms with E-state index in [1.165, 1.54) is 12.8 Å². The maximum absolute atomic E-state index is 13.3. The van der Waals surface area contributed by atoms with Gasteiger partial charge in [0.25, 0.3) is 10.0 Å². The van der Waals surface area contributed by atoms with Gasteiger partial charge in [-0.25, -0.2) is 27.8 Å². The molecule has 196 valence electrons. The highest BCUT2D eigenvalue weighted by Crippen LogP contribution is 2.25. The molecule has 0 atom stereocenters. The fourth-order valence-electron chi connectivity index (χ4n) is 4.29. The van der Waals surface area contributed by atoms with Gasteiger partial charge in [0.05, 0.1) is 5.02 Å². The van der Waals surface area contributed by atoms with Gasteiger partial charge in [-0.15, -0.1) is 0 Å². The van der Waals surface area contributed by atoms with E-state index in [4.69, 9.17) is 11.6 Å². The number of pyridine rings is 1. The summed E-state index contributed by atoms with van der Waals surface area (Å²) in [7, 11) is 0.244. The van der Waals surface area contributed by atoms with Gasteiger partial charge in [0.15, 0.2) is 0 Å². The number of nitrogens with zero attached hydrogens (tertiary/aromatic N) is 4. The minimum Gasteiger partial charge on any atom is -0.351 e. The van der Waals surface area contributed by atoms with Crippen molar-refractivity contribution in [1.82, 2.24) is 19.9 Å². The number of anilines is 2. The van der Waals surface area contributed by atoms with Gasteiger partial charge in [-0.3, -0.25) is 4.72 Å². The highest BCUT2D eigenvalue weighted by molar-refractivity contribution is 7.92. The molecule has 8 nitrogen and oxygen atoms in total. The molecule has 0 radical (unpaired) electrons. The number of nitrogens with one attached hydrogen (secondary N) is 2. The lowest BCUT2D eigenvalue weighted by atomic mass is 9.91. The molecular formula is C26H30ClFN6O2S. The molecule has 0 amide bonds. The SMILES string of the molecule is Cc1nc(NS(=O)(=O)c2ccc(F)cc2Cl)ccc1/C=C/c1cnc(N[C@H]2CC[C@H](N(C)C)CC2)nc1. The first-order valence-electron chi connectivity index (χ1n) is 12.0. The Balaban J connectivity index is 1.36. The van der Waals surface area contributed by atoms with Crippen molar-refractivity contribution in [2.75, 3.05) is 24.1 Å². The minimum absolute atomic E-state index is 0.133. The summed E-state index contributed by atoms with van der Waals surface area (Å²) in [5.41, 5.74) is 2.26. The third-order valence-electron chi connectivity index (χ3n) is 6.44. The van der Waals surface area contributed by atoms with Crippen LogP contribution < -0.4 is 10.0 Å². The van der Waals surface area contributed by atoms with Crippen molar-refractivity contribution in [2.24, 2.45) is 0 Å². The van der Waals surface area contributed by atoms with Crippen LogP contribution in [-0.2, 0) is 10.0 Å². The summed E-state index contributed by atoms with van der Waals surface area (Å²) >= 11 is 5.91. The zero-order valence-corrected chi connectivity index (χ0v) is 22.5. The van der Waals surface area contributed by atoms with E-state index in [0.717, 1.165) is 42.2 Å². The van der Waals surface area contributed by atoms with Crippen LogP contribution in [0.25, 0.3) is 12.2 Å². The van der Waals surface area contributed by atoms with Gasteiger partial charge in [-0.1, -0.05) is 23.8 Å². The smallest absolute Gasteiger partial charge is 0.264 e. The topological polar surface area (TPSA) is 100 Å². The molecule has 0 aliphatic heterocycles. The zero-order valence-electron chi connectivity index (χ0n) is 20.9. The van der Waals surface area contributed by atoms with E-state index in [1.807, 2.05) is 12.2 Å². The van der Waals surface area contributed by atoms with Gasteiger partial charge in [0.2, 0.25) is 5.95 Å². The van der Waals surface area contributed by atoms with Crippen LogP contribution in [0.4, 0.5) is 16.2 Å². The number of halogens is 2. The van der Waals surface area contributed by atoms with E-state index in [1.54, 1.807) is 31.5 Å². The fraction of sp³-hybridized carbons (Fsp3) is 0.346. The monoisotopic (exact) mass is 544 g/mol. The lowest BCUT2D eigenvalue weighted by molar-refractivity contribution is 0.221. The third-order valence-corrected chi connectivity index (χ3v) is 8.27. The Kier molecular flexibility index (Phi) is 8.41. The van der Waals surface area contributed by atoms with Crippen molar-refractivity contribution in [2.45, 2.75) is 49.6 Å².